The van der Waals surface area contributed by atoms with Crippen molar-refractivity contribution in [2.24, 2.45) is 5.92 Å². The summed E-state index contributed by atoms with van der Waals surface area (Å²) in [6.45, 7) is 9.81. The van der Waals surface area contributed by atoms with Gasteiger partial charge in [0.1, 0.15) is 0 Å². The molecule has 0 N–H and O–H groups in total. The fraction of sp³-hybridized carbons (Fsp3) is 0.458. The van der Waals surface area contributed by atoms with E-state index in [-0.39, 0.29) is 12.0 Å². The van der Waals surface area contributed by atoms with Crippen molar-refractivity contribution >= 4 is 5.91 Å². The van der Waals surface area contributed by atoms with Gasteiger partial charge in [0.15, 0.2) is 0 Å². The van der Waals surface area contributed by atoms with Crippen LogP contribution in [0.15, 0.2) is 54.6 Å². The van der Waals surface area contributed by atoms with Gasteiger partial charge in [-0.05, 0) is 24.5 Å². The number of aryl methyl sites for hydroxylation is 1. The summed E-state index contributed by atoms with van der Waals surface area (Å²) < 4.78 is 0. The van der Waals surface area contributed by atoms with Gasteiger partial charge in [0, 0.05) is 32.1 Å². The summed E-state index contributed by atoms with van der Waals surface area (Å²) in [5, 5.41) is 0. The van der Waals surface area contributed by atoms with Crippen LogP contribution in [0.2, 0.25) is 0 Å². The van der Waals surface area contributed by atoms with Crippen molar-refractivity contribution in [3.8, 4) is 0 Å². The third-order valence-corrected chi connectivity index (χ3v) is 5.64. The molecular formula is C24H32N2O. The molecule has 27 heavy (non-hydrogen) atoms. The van der Waals surface area contributed by atoms with Crippen LogP contribution in [0.25, 0.3) is 0 Å². The molecule has 3 nitrogen and oxygen atoms in total. The first kappa shape index (κ1) is 19.6. The number of hydrogen-bond acceptors (Lipinski definition) is 2. The van der Waals surface area contributed by atoms with E-state index in [2.05, 4.69) is 85.2 Å². The molecule has 2 aromatic rings. The molecule has 0 saturated carbocycles. The highest BCUT2D eigenvalue weighted by atomic mass is 16.2. The molecule has 0 radical (unpaired) electrons. The Bertz CT molecular complexity index is 718. The fourth-order valence-corrected chi connectivity index (χ4v) is 4.07. The Morgan fingerprint density at radius 3 is 2.11 bits per heavy atom. The maximum absolute atomic E-state index is 12.6. The van der Waals surface area contributed by atoms with E-state index < -0.39 is 0 Å². The van der Waals surface area contributed by atoms with Crippen LogP contribution >= 0.6 is 0 Å². The zero-order chi connectivity index (χ0) is 19.2. The summed E-state index contributed by atoms with van der Waals surface area (Å²) in [6, 6.07) is 19.8. The van der Waals surface area contributed by atoms with Crippen LogP contribution in [0.1, 0.15) is 49.4 Å². The average molecular weight is 365 g/mol. The lowest BCUT2D eigenvalue weighted by Gasteiger charge is -2.40. The first-order valence-corrected chi connectivity index (χ1v) is 10.2. The minimum absolute atomic E-state index is 0.142. The SMILES string of the molecule is CCC[C@@H](C)C(=O)N1CCN([C@@H](c2ccccc2)c2ccc(C)cc2)CC1. The van der Waals surface area contributed by atoms with Crippen LogP contribution in [0.5, 0.6) is 0 Å². The molecule has 2 atom stereocenters. The Labute approximate surface area is 164 Å². The van der Waals surface area contributed by atoms with E-state index in [0.29, 0.717) is 5.91 Å². The van der Waals surface area contributed by atoms with Crippen molar-refractivity contribution in [2.45, 2.75) is 39.7 Å². The molecule has 144 valence electrons. The van der Waals surface area contributed by atoms with Crippen molar-refractivity contribution in [3.05, 3.63) is 71.3 Å². The second-order valence-corrected chi connectivity index (χ2v) is 7.77. The van der Waals surface area contributed by atoms with Crippen LogP contribution < -0.4 is 0 Å². The summed E-state index contributed by atoms with van der Waals surface area (Å²) >= 11 is 0. The van der Waals surface area contributed by atoms with Gasteiger partial charge in [0.05, 0.1) is 6.04 Å². The minimum Gasteiger partial charge on any atom is -0.340 e. The van der Waals surface area contributed by atoms with E-state index in [0.717, 1.165) is 39.0 Å². The predicted molar refractivity (Wildman–Crippen MR) is 112 cm³/mol. The Balaban J connectivity index is 1.75. The van der Waals surface area contributed by atoms with E-state index >= 15 is 0 Å². The highest BCUT2D eigenvalue weighted by molar-refractivity contribution is 5.78. The fourth-order valence-electron chi connectivity index (χ4n) is 4.07. The molecule has 1 heterocycles. The summed E-state index contributed by atoms with van der Waals surface area (Å²) in [5.74, 6) is 0.465. The van der Waals surface area contributed by atoms with Crippen LogP contribution in [-0.2, 0) is 4.79 Å². The Morgan fingerprint density at radius 1 is 0.926 bits per heavy atom. The molecular weight excluding hydrogens is 332 g/mol. The monoisotopic (exact) mass is 364 g/mol. The van der Waals surface area contributed by atoms with Gasteiger partial charge in [-0.25, -0.2) is 0 Å². The molecule has 0 aromatic heterocycles. The second-order valence-electron chi connectivity index (χ2n) is 7.77. The number of carbonyl (C=O) groups is 1. The Hall–Kier alpha value is -2.13. The van der Waals surface area contributed by atoms with E-state index in [4.69, 9.17) is 0 Å². The molecule has 0 spiro atoms. The van der Waals surface area contributed by atoms with Crippen molar-refractivity contribution in [1.82, 2.24) is 9.80 Å². The first-order chi connectivity index (χ1) is 13.1. The van der Waals surface area contributed by atoms with Gasteiger partial charge in [-0.3, -0.25) is 9.69 Å². The number of nitrogens with zero attached hydrogens (tertiary/aromatic N) is 2. The van der Waals surface area contributed by atoms with Crippen molar-refractivity contribution < 1.29 is 4.79 Å². The van der Waals surface area contributed by atoms with Crippen LogP contribution in [0.4, 0.5) is 0 Å². The molecule has 0 unspecified atom stereocenters. The highest BCUT2D eigenvalue weighted by Gasteiger charge is 2.29. The molecule has 3 heteroatoms. The summed E-state index contributed by atoms with van der Waals surface area (Å²) in [7, 11) is 0. The van der Waals surface area contributed by atoms with E-state index in [1.165, 1.54) is 16.7 Å². The molecule has 1 amide bonds. The number of amides is 1. The Morgan fingerprint density at radius 2 is 1.52 bits per heavy atom. The zero-order valence-electron chi connectivity index (χ0n) is 16.9. The smallest absolute Gasteiger partial charge is 0.225 e. The maximum atomic E-state index is 12.6. The first-order valence-electron chi connectivity index (χ1n) is 10.2. The van der Waals surface area contributed by atoms with Crippen molar-refractivity contribution in [3.63, 3.8) is 0 Å². The van der Waals surface area contributed by atoms with E-state index in [1.807, 2.05) is 0 Å². The van der Waals surface area contributed by atoms with Gasteiger partial charge in [-0.2, -0.15) is 0 Å². The lowest BCUT2D eigenvalue weighted by atomic mass is 9.95. The lowest BCUT2D eigenvalue weighted by molar-refractivity contribution is -0.137. The number of benzene rings is 2. The number of piperazine rings is 1. The van der Waals surface area contributed by atoms with Crippen LogP contribution in [-0.4, -0.2) is 41.9 Å². The standard InChI is InChI=1S/C24H32N2O/c1-4-8-20(3)24(27)26-17-15-25(16-18-26)23(21-9-6-5-7-10-21)22-13-11-19(2)12-14-22/h5-7,9-14,20,23H,4,8,15-18H2,1-3H3/t20-,23+/m1/s1. The summed E-state index contributed by atoms with van der Waals surface area (Å²) in [4.78, 5) is 17.2. The number of carbonyl (C=O) groups excluding carboxylic acids is 1. The normalized spacial score (nSPS) is 17.5. The van der Waals surface area contributed by atoms with Gasteiger partial charge in [0.2, 0.25) is 5.91 Å². The van der Waals surface area contributed by atoms with Gasteiger partial charge in [0.25, 0.3) is 0 Å². The van der Waals surface area contributed by atoms with Crippen molar-refractivity contribution in [2.75, 3.05) is 26.2 Å². The third kappa shape index (κ3) is 4.78. The molecule has 1 fully saturated rings. The lowest BCUT2D eigenvalue weighted by Crippen LogP contribution is -2.51. The molecule has 1 saturated heterocycles. The second kappa shape index (κ2) is 9.18. The number of hydrogen-bond donors (Lipinski definition) is 0. The zero-order valence-corrected chi connectivity index (χ0v) is 16.9. The third-order valence-electron chi connectivity index (χ3n) is 5.64. The molecule has 2 aromatic carbocycles. The highest BCUT2D eigenvalue weighted by Crippen LogP contribution is 2.30. The van der Waals surface area contributed by atoms with Gasteiger partial charge < -0.3 is 4.90 Å². The van der Waals surface area contributed by atoms with Crippen molar-refractivity contribution in [1.29, 1.82) is 0 Å². The van der Waals surface area contributed by atoms with Gasteiger partial charge in [-0.15, -0.1) is 0 Å². The van der Waals surface area contributed by atoms with Gasteiger partial charge in [-0.1, -0.05) is 80.4 Å². The van der Waals surface area contributed by atoms with Crippen LogP contribution in [0, 0.1) is 12.8 Å². The van der Waals surface area contributed by atoms with Crippen LogP contribution in [0.3, 0.4) is 0 Å². The topological polar surface area (TPSA) is 23.6 Å². The largest absolute Gasteiger partial charge is 0.340 e. The Kier molecular flexibility index (Phi) is 6.68. The van der Waals surface area contributed by atoms with E-state index in [1.54, 1.807) is 0 Å². The quantitative estimate of drug-likeness (QED) is 0.744. The predicted octanol–water partition coefficient (Wildman–Crippen LogP) is 4.66. The molecule has 1 aliphatic heterocycles. The number of rotatable bonds is 6. The van der Waals surface area contributed by atoms with E-state index in [9.17, 15) is 4.79 Å². The molecule has 0 aliphatic carbocycles. The summed E-state index contributed by atoms with van der Waals surface area (Å²) in [6.07, 6.45) is 2.05. The maximum Gasteiger partial charge on any atom is 0.225 e. The molecule has 1 aliphatic rings. The van der Waals surface area contributed by atoms with Gasteiger partial charge >= 0.3 is 0 Å². The summed E-state index contributed by atoms with van der Waals surface area (Å²) in [5.41, 5.74) is 3.93. The average Bonchev–Trinajstić information content (AvgIpc) is 2.71. The molecule has 3 rings (SSSR count). The minimum atomic E-state index is 0.142. The molecule has 0 bridgehead atoms.